The molecule has 0 spiro atoms. The quantitative estimate of drug-likeness (QED) is 0.860. The summed E-state index contributed by atoms with van der Waals surface area (Å²) in [5.41, 5.74) is 7.59. The highest BCUT2D eigenvalue weighted by Gasteiger charge is 2.28. The van der Waals surface area contributed by atoms with Crippen LogP contribution in [0, 0.1) is 0 Å². The number of hydrogen-bond donors (Lipinski definition) is 1. The molecule has 102 valence electrons. The van der Waals surface area contributed by atoms with Gasteiger partial charge in [-0.3, -0.25) is 4.31 Å². The Labute approximate surface area is 117 Å². The van der Waals surface area contributed by atoms with E-state index in [2.05, 4.69) is 4.99 Å². The van der Waals surface area contributed by atoms with Crippen molar-refractivity contribution in [2.75, 3.05) is 5.73 Å². The van der Waals surface area contributed by atoms with Crippen molar-refractivity contribution in [3.05, 3.63) is 54.1 Å². The summed E-state index contributed by atoms with van der Waals surface area (Å²) in [6.07, 6.45) is 1.36. The summed E-state index contributed by atoms with van der Waals surface area (Å²) < 4.78 is 26.2. The van der Waals surface area contributed by atoms with Gasteiger partial charge >= 0.3 is 0 Å². The second-order valence-electron chi connectivity index (χ2n) is 4.50. The lowest BCUT2D eigenvalue weighted by atomic mass is 10.2. The number of sulfonamides is 1. The van der Waals surface area contributed by atoms with Crippen LogP contribution in [0.1, 0.15) is 5.56 Å². The maximum Gasteiger partial charge on any atom is 0.267 e. The Bertz CT molecular complexity index is 767. The van der Waals surface area contributed by atoms with Gasteiger partial charge in [-0.25, -0.2) is 13.4 Å². The maximum absolute atomic E-state index is 12.5. The third-order valence-electron chi connectivity index (χ3n) is 3.10. The average Bonchev–Trinajstić information content (AvgIpc) is 2.44. The molecular formula is C14H13N3O2S. The number of rotatable bonds is 2. The lowest BCUT2D eigenvalue weighted by Gasteiger charge is -2.24. The topological polar surface area (TPSA) is 75.8 Å². The second-order valence-corrected chi connectivity index (χ2v) is 6.36. The van der Waals surface area contributed by atoms with Crippen LogP contribution in [0.15, 0.2) is 58.4 Å². The number of nitrogens with two attached hydrogens (primary N) is 1. The van der Waals surface area contributed by atoms with Crippen LogP contribution < -0.4 is 5.73 Å². The first-order valence-corrected chi connectivity index (χ1v) is 7.51. The molecule has 2 aromatic rings. The summed E-state index contributed by atoms with van der Waals surface area (Å²) in [5, 5.41) is 0. The Morgan fingerprint density at radius 3 is 2.50 bits per heavy atom. The third kappa shape index (κ3) is 2.14. The summed E-state index contributed by atoms with van der Waals surface area (Å²) in [7, 11) is -3.54. The van der Waals surface area contributed by atoms with Crippen LogP contribution in [0.3, 0.4) is 0 Å². The molecule has 0 radical (unpaired) electrons. The van der Waals surface area contributed by atoms with E-state index in [4.69, 9.17) is 5.73 Å². The van der Waals surface area contributed by atoms with Gasteiger partial charge in [-0.15, -0.1) is 0 Å². The van der Waals surface area contributed by atoms with Crippen molar-refractivity contribution >= 4 is 27.7 Å². The molecule has 0 aromatic heterocycles. The van der Waals surface area contributed by atoms with E-state index in [1.165, 1.54) is 10.6 Å². The van der Waals surface area contributed by atoms with Gasteiger partial charge in [0, 0.05) is 5.69 Å². The molecule has 0 atom stereocenters. The lowest BCUT2D eigenvalue weighted by Crippen LogP contribution is -2.31. The van der Waals surface area contributed by atoms with Gasteiger partial charge in [-0.1, -0.05) is 24.3 Å². The van der Waals surface area contributed by atoms with Crippen LogP contribution in [0.4, 0.5) is 11.4 Å². The fourth-order valence-corrected chi connectivity index (χ4v) is 3.40. The minimum Gasteiger partial charge on any atom is -0.399 e. The zero-order valence-electron chi connectivity index (χ0n) is 10.6. The van der Waals surface area contributed by atoms with Crippen molar-refractivity contribution in [3.63, 3.8) is 0 Å². The summed E-state index contributed by atoms with van der Waals surface area (Å²) in [6.45, 7) is 0.237. The molecule has 2 N–H and O–H groups in total. The molecule has 0 saturated carbocycles. The molecule has 5 nitrogen and oxygen atoms in total. The van der Waals surface area contributed by atoms with E-state index in [0.29, 0.717) is 11.4 Å². The molecule has 1 heterocycles. The first kappa shape index (κ1) is 12.7. The van der Waals surface area contributed by atoms with E-state index in [9.17, 15) is 8.42 Å². The smallest absolute Gasteiger partial charge is 0.267 e. The van der Waals surface area contributed by atoms with Crippen molar-refractivity contribution < 1.29 is 8.42 Å². The number of fused-ring (bicyclic) bond motifs is 1. The summed E-state index contributed by atoms with van der Waals surface area (Å²) >= 11 is 0. The minimum atomic E-state index is -3.54. The van der Waals surface area contributed by atoms with Crippen molar-refractivity contribution in [2.45, 2.75) is 11.4 Å². The second kappa shape index (κ2) is 4.64. The van der Waals surface area contributed by atoms with E-state index >= 15 is 0 Å². The summed E-state index contributed by atoms with van der Waals surface area (Å²) in [5.74, 6) is 0. The van der Waals surface area contributed by atoms with Crippen molar-refractivity contribution in [3.8, 4) is 0 Å². The van der Waals surface area contributed by atoms with Gasteiger partial charge in [0.05, 0.1) is 12.2 Å². The number of para-hydroxylation sites is 1. The number of nitrogens with zero attached hydrogens (tertiary/aromatic N) is 2. The fraction of sp³-hybridized carbons (Fsp3) is 0.0714. The van der Waals surface area contributed by atoms with E-state index in [1.54, 1.807) is 48.5 Å². The van der Waals surface area contributed by atoms with E-state index in [-0.39, 0.29) is 11.4 Å². The normalized spacial score (nSPS) is 15.9. The van der Waals surface area contributed by atoms with Crippen molar-refractivity contribution in [1.29, 1.82) is 0 Å². The highest BCUT2D eigenvalue weighted by atomic mass is 32.2. The molecule has 0 saturated heterocycles. The Morgan fingerprint density at radius 1 is 1.05 bits per heavy atom. The first-order valence-electron chi connectivity index (χ1n) is 6.07. The van der Waals surface area contributed by atoms with Crippen LogP contribution in [-0.4, -0.2) is 19.1 Å². The van der Waals surface area contributed by atoms with Crippen LogP contribution in [0.25, 0.3) is 0 Å². The Balaban J connectivity index is 1.95. The molecule has 0 bridgehead atoms. The Hall–Kier alpha value is -2.34. The van der Waals surface area contributed by atoms with Gasteiger partial charge in [0.1, 0.15) is 11.2 Å². The maximum atomic E-state index is 12.5. The zero-order chi connectivity index (χ0) is 14.2. The van der Waals surface area contributed by atoms with Crippen LogP contribution in [0.2, 0.25) is 0 Å². The standard InChI is InChI=1S/C14H13N3O2S/c15-12-7-5-11(6-8-12)9-17-10-16-13-3-1-2-4-14(13)20(17,18)19/h1-8,10H,9,15H2. The van der Waals surface area contributed by atoms with Gasteiger partial charge in [0.25, 0.3) is 10.0 Å². The predicted molar refractivity (Wildman–Crippen MR) is 78.2 cm³/mol. The molecule has 2 aromatic carbocycles. The fourth-order valence-electron chi connectivity index (χ4n) is 2.03. The number of hydrogen-bond acceptors (Lipinski definition) is 4. The molecule has 0 fully saturated rings. The number of aliphatic imine (C=N–C) groups is 1. The van der Waals surface area contributed by atoms with Crippen LogP contribution >= 0.6 is 0 Å². The molecule has 0 aliphatic carbocycles. The van der Waals surface area contributed by atoms with E-state index in [1.807, 2.05) is 0 Å². The van der Waals surface area contributed by atoms with Crippen molar-refractivity contribution in [2.24, 2.45) is 4.99 Å². The largest absolute Gasteiger partial charge is 0.399 e. The molecule has 20 heavy (non-hydrogen) atoms. The first-order chi connectivity index (χ1) is 9.57. The molecular weight excluding hydrogens is 274 g/mol. The Kier molecular flexibility index (Phi) is 2.94. The van der Waals surface area contributed by atoms with Crippen LogP contribution in [-0.2, 0) is 16.6 Å². The monoisotopic (exact) mass is 287 g/mol. The SMILES string of the molecule is Nc1ccc(CN2C=Nc3ccccc3S2(=O)=O)cc1. The molecule has 6 heteroatoms. The third-order valence-corrected chi connectivity index (χ3v) is 4.84. The molecule has 1 aliphatic heterocycles. The van der Waals surface area contributed by atoms with Crippen molar-refractivity contribution in [1.82, 2.24) is 4.31 Å². The van der Waals surface area contributed by atoms with E-state index < -0.39 is 10.0 Å². The van der Waals surface area contributed by atoms with E-state index in [0.717, 1.165) is 5.56 Å². The summed E-state index contributed by atoms with van der Waals surface area (Å²) in [4.78, 5) is 4.42. The number of anilines is 1. The molecule has 1 aliphatic rings. The van der Waals surface area contributed by atoms with Crippen LogP contribution in [0.5, 0.6) is 0 Å². The van der Waals surface area contributed by atoms with Gasteiger partial charge in [0.2, 0.25) is 0 Å². The predicted octanol–water partition coefficient (Wildman–Crippen LogP) is 2.13. The zero-order valence-corrected chi connectivity index (χ0v) is 11.4. The highest BCUT2D eigenvalue weighted by Crippen LogP contribution is 2.30. The lowest BCUT2D eigenvalue weighted by molar-refractivity contribution is 0.522. The number of benzene rings is 2. The molecule has 0 amide bonds. The molecule has 0 unspecified atom stereocenters. The number of nitrogen functional groups attached to an aromatic ring is 1. The average molecular weight is 287 g/mol. The Morgan fingerprint density at radius 2 is 1.75 bits per heavy atom. The summed E-state index contributed by atoms with van der Waals surface area (Å²) in [6, 6.07) is 13.8. The van der Waals surface area contributed by atoms with Gasteiger partial charge < -0.3 is 5.73 Å². The van der Waals surface area contributed by atoms with Gasteiger partial charge in [-0.2, -0.15) is 0 Å². The minimum absolute atomic E-state index is 0.234. The highest BCUT2D eigenvalue weighted by molar-refractivity contribution is 7.89. The van der Waals surface area contributed by atoms with Gasteiger partial charge in [0.15, 0.2) is 0 Å². The molecule has 3 rings (SSSR count). The van der Waals surface area contributed by atoms with Gasteiger partial charge in [-0.05, 0) is 29.8 Å².